The highest BCUT2D eigenvalue weighted by molar-refractivity contribution is 6.00. The third-order valence-corrected chi connectivity index (χ3v) is 13.9. The van der Waals surface area contributed by atoms with Crippen LogP contribution in [0, 0.1) is 11.8 Å². The minimum atomic E-state index is -1.04. The molecular formula is C47H63N9O8. The Kier molecular flexibility index (Phi) is 14.4. The number of carbonyl (C=O) groups excluding carboxylic acids is 7. The second-order valence-electron chi connectivity index (χ2n) is 18.7. The molecule has 1 saturated carbocycles. The van der Waals surface area contributed by atoms with Gasteiger partial charge in [0.25, 0.3) is 0 Å². The molecule has 7 rings (SSSR count). The molecule has 17 nitrogen and oxygen atoms in total. The molecule has 1 aromatic heterocycles. The molecule has 3 aliphatic heterocycles. The van der Waals surface area contributed by atoms with Gasteiger partial charge in [-0.15, -0.1) is 0 Å². The molecule has 0 radical (unpaired) electrons. The SMILES string of the molecule is CC(C)c1ccc(CNC(=O)[C@H](CCC(N)=O)NC(=O)[C@@H]2CC[C@@H]3CCN(C(=O)C[C@H]4CC[C@@H](Cc5ccc6c(c5)n(C)c(=O)n6C5CCC(=O)NC5=O)CC4)C[C@H](N)C(=O)N32)cc1. The average Bonchev–Trinajstić information content (AvgIpc) is 3.79. The molecule has 344 valence electrons. The number of piperidine rings is 1. The Morgan fingerprint density at radius 2 is 1.56 bits per heavy atom. The van der Waals surface area contributed by atoms with E-state index in [9.17, 15) is 38.4 Å². The number of fused-ring (bicyclic) bond motifs is 2. The van der Waals surface area contributed by atoms with E-state index in [2.05, 4.69) is 29.8 Å². The molecule has 5 atom stereocenters. The minimum absolute atomic E-state index is 0.00574. The van der Waals surface area contributed by atoms with Gasteiger partial charge in [0.2, 0.25) is 41.4 Å². The van der Waals surface area contributed by atoms with Crippen LogP contribution >= 0.6 is 0 Å². The Bertz CT molecular complexity index is 2330. The number of aromatic nitrogens is 2. The maximum atomic E-state index is 13.9. The fourth-order valence-corrected chi connectivity index (χ4v) is 10.2. The molecule has 3 aromatic rings. The van der Waals surface area contributed by atoms with Crippen molar-refractivity contribution in [2.45, 2.75) is 140 Å². The van der Waals surface area contributed by atoms with Crippen molar-refractivity contribution in [2.75, 3.05) is 13.1 Å². The number of primary amides is 1. The van der Waals surface area contributed by atoms with Crippen LogP contribution in [0.2, 0.25) is 0 Å². The number of nitrogens with two attached hydrogens (primary N) is 2. The number of rotatable bonds is 14. The maximum Gasteiger partial charge on any atom is 0.329 e. The van der Waals surface area contributed by atoms with Crippen molar-refractivity contribution in [3.05, 3.63) is 69.6 Å². The largest absolute Gasteiger partial charge is 0.370 e. The van der Waals surface area contributed by atoms with Crippen LogP contribution in [0.25, 0.3) is 11.0 Å². The lowest BCUT2D eigenvalue weighted by atomic mass is 9.78. The molecule has 0 bridgehead atoms. The quantitative estimate of drug-likeness (QED) is 0.149. The molecule has 0 spiro atoms. The summed E-state index contributed by atoms with van der Waals surface area (Å²) >= 11 is 0. The van der Waals surface area contributed by atoms with E-state index in [1.54, 1.807) is 21.4 Å². The van der Waals surface area contributed by atoms with Crippen LogP contribution in [-0.4, -0.2) is 97.5 Å². The Morgan fingerprint density at radius 3 is 2.25 bits per heavy atom. The molecule has 1 unspecified atom stereocenters. The van der Waals surface area contributed by atoms with E-state index in [-0.39, 0.29) is 68.2 Å². The van der Waals surface area contributed by atoms with E-state index < -0.39 is 53.7 Å². The lowest BCUT2D eigenvalue weighted by Crippen LogP contribution is -2.60. The van der Waals surface area contributed by atoms with Crippen molar-refractivity contribution >= 4 is 52.4 Å². The number of amides is 7. The number of carbonyl (C=O) groups is 7. The minimum Gasteiger partial charge on any atom is -0.370 e. The number of hydrogen-bond donors (Lipinski definition) is 5. The molecule has 4 fully saturated rings. The number of benzene rings is 2. The highest BCUT2D eigenvalue weighted by Crippen LogP contribution is 2.35. The van der Waals surface area contributed by atoms with E-state index in [1.165, 1.54) is 10.1 Å². The third-order valence-electron chi connectivity index (χ3n) is 13.9. The zero-order valence-electron chi connectivity index (χ0n) is 37.2. The molecule has 64 heavy (non-hydrogen) atoms. The number of nitrogens with zero attached hydrogens (tertiary/aromatic N) is 4. The van der Waals surface area contributed by atoms with E-state index in [4.69, 9.17) is 11.5 Å². The molecule has 2 aromatic carbocycles. The fourth-order valence-electron chi connectivity index (χ4n) is 10.2. The van der Waals surface area contributed by atoms with Crippen LogP contribution in [0.5, 0.6) is 0 Å². The van der Waals surface area contributed by atoms with Gasteiger partial charge < -0.3 is 31.9 Å². The van der Waals surface area contributed by atoms with Crippen LogP contribution < -0.4 is 33.1 Å². The first-order valence-corrected chi connectivity index (χ1v) is 22.9. The normalized spacial score (nSPS) is 24.5. The molecule has 7 amide bonds. The second-order valence-corrected chi connectivity index (χ2v) is 18.7. The second kappa shape index (κ2) is 19.9. The van der Waals surface area contributed by atoms with Crippen LogP contribution in [0.4, 0.5) is 0 Å². The monoisotopic (exact) mass is 881 g/mol. The fraction of sp³-hybridized carbons (Fsp3) is 0.574. The molecule has 1 aliphatic carbocycles. The van der Waals surface area contributed by atoms with Crippen molar-refractivity contribution in [1.82, 2.24) is 34.9 Å². The Labute approximate surface area is 373 Å². The predicted molar refractivity (Wildman–Crippen MR) is 238 cm³/mol. The summed E-state index contributed by atoms with van der Waals surface area (Å²) in [6.45, 7) is 4.88. The Balaban J connectivity index is 0.899. The lowest BCUT2D eigenvalue weighted by Gasteiger charge is -2.38. The number of imidazole rings is 1. The van der Waals surface area contributed by atoms with Crippen molar-refractivity contribution in [3.8, 4) is 0 Å². The first-order valence-electron chi connectivity index (χ1n) is 22.9. The third kappa shape index (κ3) is 10.4. The summed E-state index contributed by atoms with van der Waals surface area (Å²) in [6.07, 6.45) is 6.63. The summed E-state index contributed by atoms with van der Waals surface area (Å²) < 4.78 is 3.04. The van der Waals surface area contributed by atoms with Gasteiger partial charge in [0.1, 0.15) is 24.2 Å². The van der Waals surface area contributed by atoms with Gasteiger partial charge in [0.05, 0.1) is 11.0 Å². The van der Waals surface area contributed by atoms with E-state index >= 15 is 0 Å². The molecule has 4 heterocycles. The Morgan fingerprint density at radius 1 is 0.859 bits per heavy atom. The van der Waals surface area contributed by atoms with Crippen molar-refractivity contribution in [1.29, 1.82) is 0 Å². The number of aryl methyl sites for hydroxylation is 1. The summed E-state index contributed by atoms with van der Waals surface area (Å²) in [4.78, 5) is 107. The van der Waals surface area contributed by atoms with Gasteiger partial charge in [-0.2, -0.15) is 0 Å². The van der Waals surface area contributed by atoms with Gasteiger partial charge in [-0.3, -0.25) is 48.0 Å². The zero-order chi connectivity index (χ0) is 45.8. The predicted octanol–water partition coefficient (Wildman–Crippen LogP) is 2.17. The van der Waals surface area contributed by atoms with Crippen LogP contribution in [0.15, 0.2) is 47.3 Å². The molecular weight excluding hydrogens is 819 g/mol. The summed E-state index contributed by atoms with van der Waals surface area (Å²) in [7, 11) is 1.69. The van der Waals surface area contributed by atoms with Gasteiger partial charge >= 0.3 is 5.69 Å². The highest BCUT2D eigenvalue weighted by atomic mass is 16.2. The topological polar surface area (TPSA) is 241 Å². The van der Waals surface area contributed by atoms with Crippen molar-refractivity contribution in [2.24, 2.45) is 30.4 Å². The first kappa shape index (κ1) is 46.2. The van der Waals surface area contributed by atoms with Gasteiger partial charge in [-0.25, -0.2) is 4.79 Å². The van der Waals surface area contributed by atoms with E-state index in [0.29, 0.717) is 49.6 Å². The summed E-state index contributed by atoms with van der Waals surface area (Å²) in [5.41, 5.74) is 16.2. The van der Waals surface area contributed by atoms with E-state index in [0.717, 1.165) is 48.7 Å². The van der Waals surface area contributed by atoms with Crippen molar-refractivity contribution < 1.29 is 33.6 Å². The maximum absolute atomic E-state index is 13.9. The number of nitrogens with one attached hydrogen (secondary N) is 3. The summed E-state index contributed by atoms with van der Waals surface area (Å²) in [6, 6.07) is 9.86. The Hall–Kier alpha value is -5.84. The highest BCUT2D eigenvalue weighted by Gasteiger charge is 2.45. The van der Waals surface area contributed by atoms with Gasteiger partial charge in [0, 0.05) is 52.0 Å². The molecule has 3 saturated heterocycles. The number of hydrogen-bond acceptors (Lipinski definition) is 9. The van der Waals surface area contributed by atoms with E-state index in [1.807, 2.05) is 42.5 Å². The summed E-state index contributed by atoms with van der Waals surface area (Å²) in [5.74, 6) is -1.80. The van der Waals surface area contributed by atoms with Crippen LogP contribution in [-0.2, 0) is 53.6 Å². The molecule has 4 aliphatic rings. The first-order chi connectivity index (χ1) is 30.6. The molecule has 17 heteroatoms. The smallest absolute Gasteiger partial charge is 0.329 e. The zero-order valence-corrected chi connectivity index (χ0v) is 37.2. The van der Waals surface area contributed by atoms with Crippen LogP contribution in [0.3, 0.4) is 0 Å². The van der Waals surface area contributed by atoms with Gasteiger partial charge in [-0.1, -0.05) is 44.2 Å². The average molecular weight is 882 g/mol. The van der Waals surface area contributed by atoms with Gasteiger partial charge in [-0.05, 0) is 111 Å². The standard InChI is InChI=1S/C47H63N9O8/c1-27(2)32-11-8-30(9-12-32)25-50-43(60)35(14-18-40(49)57)51-44(61)37-16-13-33-20-21-54(26-34(48)46(63)55(33)37)42(59)24-29-6-4-28(5-7-29)22-31-10-15-36-39(23-31)53(3)47(64)56(36)38-17-19-41(58)52-45(38)62/h8-12,15,23,27-29,33-35,37-38H,4-7,13-14,16-22,24-26,48H2,1-3H3,(H2,49,57)(H,50,60)(H,51,61)(H,52,58,62)/t28-,29+,33-,34+,35+,37+,38?/m1/s1. The van der Waals surface area contributed by atoms with Crippen LogP contribution in [0.1, 0.15) is 120 Å². The van der Waals surface area contributed by atoms with Crippen molar-refractivity contribution in [3.63, 3.8) is 0 Å². The van der Waals surface area contributed by atoms with Gasteiger partial charge in [0.15, 0.2) is 0 Å². The number of imide groups is 1. The lowest BCUT2D eigenvalue weighted by molar-refractivity contribution is -0.145. The molecule has 7 N–H and O–H groups in total. The summed E-state index contributed by atoms with van der Waals surface area (Å²) in [5, 5.41) is 8.01.